The van der Waals surface area contributed by atoms with Crippen molar-refractivity contribution in [1.82, 2.24) is 0 Å². The van der Waals surface area contributed by atoms with E-state index in [0.717, 1.165) is 47.9 Å². The molecule has 1 aliphatic rings. The van der Waals surface area contributed by atoms with Crippen molar-refractivity contribution in [3.8, 4) is 0 Å². The predicted octanol–water partition coefficient (Wildman–Crippen LogP) is 12.8. The first-order valence-corrected chi connectivity index (χ1v) is 22.5. The fourth-order valence-corrected chi connectivity index (χ4v) is 7.07. The molecule has 0 aliphatic carbocycles. The number of allylic oxidation sites excluding steroid dienone is 1. The van der Waals surface area contributed by atoms with E-state index >= 15 is 0 Å². The minimum atomic E-state index is -0.903. The number of carboxylic acid groups (broad SMARTS) is 2. The van der Waals surface area contributed by atoms with Gasteiger partial charge in [-0.2, -0.15) is 0 Å². The normalized spacial score (nSPS) is 11.5. The van der Waals surface area contributed by atoms with Crippen molar-refractivity contribution in [3.05, 3.63) is 41.3 Å². The van der Waals surface area contributed by atoms with E-state index in [4.69, 9.17) is 4.42 Å². The summed E-state index contributed by atoms with van der Waals surface area (Å²) in [5, 5.41) is 21.6. The van der Waals surface area contributed by atoms with E-state index in [1.807, 2.05) is 25.3 Å². The molecule has 1 aromatic carbocycles. The van der Waals surface area contributed by atoms with E-state index in [2.05, 4.69) is 31.0 Å². The van der Waals surface area contributed by atoms with Gasteiger partial charge < -0.3 is 24.2 Å². The van der Waals surface area contributed by atoms with Crippen molar-refractivity contribution in [1.29, 1.82) is 0 Å². The number of benzene rings is 1. The molecule has 0 radical (unpaired) electrons. The van der Waals surface area contributed by atoms with Crippen LogP contribution in [0.5, 0.6) is 0 Å². The Morgan fingerprint density at radius 2 is 0.873 bits per heavy atom. The molecule has 2 heterocycles. The number of aliphatic imine (C=N–C) groups is 1. The van der Waals surface area contributed by atoms with Crippen molar-refractivity contribution in [2.24, 2.45) is 4.99 Å². The Morgan fingerprint density at radius 3 is 1.22 bits per heavy atom. The molecule has 0 spiro atoms. The Morgan fingerprint density at radius 1 is 0.527 bits per heavy atom. The number of carbonyl (C=O) groups excluding carboxylic acids is 2. The van der Waals surface area contributed by atoms with Gasteiger partial charge in [-0.25, -0.2) is 0 Å². The monoisotopic (exact) mass is 774 g/mol. The molecule has 308 valence electrons. The van der Waals surface area contributed by atoms with Gasteiger partial charge in [0.2, 0.25) is 0 Å². The summed E-state index contributed by atoms with van der Waals surface area (Å²) in [5.74, 6) is -1.81. The van der Waals surface area contributed by atoms with Crippen molar-refractivity contribution in [2.75, 3.05) is 0 Å². The molecule has 0 bridgehead atoms. The number of carbonyl (C=O) groups is 2. The van der Waals surface area contributed by atoms with Gasteiger partial charge in [0.15, 0.2) is 0 Å². The van der Waals surface area contributed by atoms with Crippen molar-refractivity contribution >= 4 is 58.3 Å². The SMILES string of the molecule is CC1=Cc2cccc3occ(c23)C=N1.CCCCCCCCCCCCCCCCCC(=O)[O-].CCCCCCCCCCCCCCCCCC(=O)[O-].[Mg+2]. The van der Waals surface area contributed by atoms with Crippen molar-refractivity contribution in [3.63, 3.8) is 0 Å². The average molecular weight is 774 g/mol. The molecular weight excluding hydrogens is 695 g/mol. The van der Waals surface area contributed by atoms with Gasteiger partial charge in [0.1, 0.15) is 11.8 Å². The topological polar surface area (TPSA) is 106 Å². The molecule has 55 heavy (non-hydrogen) atoms. The second-order valence-corrected chi connectivity index (χ2v) is 15.6. The third-order valence-corrected chi connectivity index (χ3v) is 10.4. The second kappa shape index (κ2) is 38.7. The number of aliphatic carboxylic acids is 2. The van der Waals surface area contributed by atoms with Gasteiger partial charge in [0, 0.05) is 34.8 Å². The Bertz CT molecular complexity index is 1210. The number of nitrogens with zero attached hydrogens (tertiary/aromatic N) is 1. The summed E-state index contributed by atoms with van der Waals surface area (Å²) >= 11 is 0. The van der Waals surface area contributed by atoms with Crippen LogP contribution in [0.1, 0.15) is 237 Å². The molecule has 0 unspecified atom stereocenters. The van der Waals surface area contributed by atoms with E-state index in [1.54, 1.807) is 6.26 Å². The number of carboxylic acids is 2. The van der Waals surface area contributed by atoms with Crippen molar-refractivity contribution in [2.45, 2.75) is 226 Å². The Labute approximate surface area is 353 Å². The minimum Gasteiger partial charge on any atom is -0.550 e. The Kier molecular flexibility index (Phi) is 37.2. The summed E-state index contributed by atoms with van der Waals surface area (Å²) in [6, 6.07) is 6.06. The van der Waals surface area contributed by atoms with Crippen LogP contribution in [-0.2, 0) is 9.59 Å². The quantitative estimate of drug-likeness (QED) is 0.0543. The van der Waals surface area contributed by atoms with Crippen LogP contribution in [0.15, 0.2) is 39.6 Å². The maximum absolute atomic E-state index is 10.2. The molecular formula is C48H79MgNO5. The molecule has 0 fully saturated rings. The maximum atomic E-state index is 10.2. The van der Waals surface area contributed by atoms with Crippen LogP contribution in [0.3, 0.4) is 0 Å². The van der Waals surface area contributed by atoms with Gasteiger partial charge in [0.25, 0.3) is 0 Å². The molecule has 0 saturated carbocycles. The maximum Gasteiger partial charge on any atom is 2.00 e. The molecule has 1 aromatic heterocycles. The van der Waals surface area contributed by atoms with Crippen molar-refractivity contribution < 1.29 is 24.2 Å². The summed E-state index contributed by atoms with van der Waals surface area (Å²) in [5.41, 5.74) is 4.19. The van der Waals surface area contributed by atoms with Crippen LogP contribution in [0.4, 0.5) is 0 Å². The first-order chi connectivity index (χ1) is 26.4. The fourth-order valence-electron chi connectivity index (χ4n) is 7.07. The van der Waals surface area contributed by atoms with Crippen LogP contribution in [0.25, 0.3) is 17.0 Å². The second-order valence-electron chi connectivity index (χ2n) is 15.6. The molecule has 0 saturated heterocycles. The van der Waals surface area contributed by atoms with E-state index in [-0.39, 0.29) is 35.9 Å². The number of furan rings is 1. The molecule has 0 N–H and O–H groups in total. The molecule has 1 aliphatic heterocycles. The fraction of sp³-hybridized carbons (Fsp3) is 0.729. The number of hydrogen-bond acceptors (Lipinski definition) is 6. The van der Waals surface area contributed by atoms with Gasteiger partial charge in [0.05, 0.1) is 0 Å². The van der Waals surface area contributed by atoms with Crippen LogP contribution in [0.2, 0.25) is 0 Å². The number of unbranched alkanes of at least 4 members (excludes halogenated alkanes) is 28. The summed E-state index contributed by atoms with van der Waals surface area (Å²) in [6.45, 7) is 6.53. The Balaban J connectivity index is 0.000000797. The van der Waals surface area contributed by atoms with Gasteiger partial charge >= 0.3 is 23.1 Å². The van der Waals surface area contributed by atoms with E-state index in [1.165, 1.54) is 173 Å². The van der Waals surface area contributed by atoms with Crippen LogP contribution in [-0.4, -0.2) is 41.2 Å². The van der Waals surface area contributed by atoms with Crippen LogP contribution >= 0.6 is 0 Å². The molecule has 6 nitrogen and oxygen atoms in total. The number of rotatable bonds is 32. The molecule has 2 aromatic rings. The zero-order chi connectivity index (χ0) is 39.3. The smallest absolute Gasteiger partial charge is 0.550 e. The summed E-state index contributed by atoms with van der Waals surface area (Å²) < 4.78 is 5.43. The standard InChI is InChI=1S/2C18H36O2.C12H9NO.Mg/c2*1-2-3-4-5-6-7-8-9-10-11-12-13-14-15-16-17-18(19)20;1-8-5-9-3-2-4-11-12(9)10(6-13-8)7-14-11;/h2*2-17H2,1H3,(H,19,20);2-7H,1H3;/q;;;+2/p-2. The number of hydrogen-bond donors (Lipinski definition) is 0. The summed E-state index contributed by atoms with van der Waals surface area (Å²) in [7, 11) is 0. The molecule has 0 atom stereocenters. The molecule has 0 amide bonds. The first-order valence-electron chi connectivity index (χ1n) is 22.5. The summed E-state index contributed by atoms with van der Waals surface area (Å²) in [4.78, 5) is 24.8. The predicted molar refractivity (Wildman–Crippen MR) is 232 cm³/mol. The van der Waals surface area contributed by atoms with E-state index < -0.39 is 11.9 Å². The van der Waals surface area contributed by atoms with Gasteiger partial charge in [-0.15, -0.1) is 0 Å². The van der Waals surface area contributed by atoms with Crippen LogP contribution in [0, 0.1) is 0 Å². The summed E-state index contributed by atoms with van der Waals surface area (Å²) in [6.07, 6.45) is 45.4. The third kappa shape index (κ3) is 31.6. The van der Waals surface area contributed by atoms with E-state index in [0.29, 0.717) is 0 Å². The first kappa shape index (κ1) is 52.9. The van der Waals surface area contributed by atoms with Gasteiger partial charge in [-0.1, -0.05) is 206 Å². The van der Waals surface area contributed by atoms with Gasteiger partial charge in [-0.05, 0) is 50.3 Å². The zero-order valence-corrected chi connectivity index (χ0v) is 37.2. The molecule has 7 heteroatoms. The average Bonchev–Trinajstić information content (AvgIpc) is 3.50. The third-order valence-electron chi connectivity index (χ3n) is 10.4. The molecule has 3 rings (SSSR count). The van der Waals surface area contributed by atoms with Crippen LogP contribution < -0.4 is 10.2 Å². The largest absolute Gasteiger partial charge is 2.00 e. The minimum absolute atomic E-state index is 0. The van der Waals surface area contributed by atoms with Gasteiger partial charge in [-0.3, -0.25) is 4.99 Å². The Hall–Kier alpha value is -2.12. The van der Waals surface area contributed by atoms with E-state index in [9.17, 15) is 19.8 Å². The zero-order valence-electron chi connectivity index (χ0n) is 35.8.